The van der Waals surface area contributed by atoms with Gasteiger partial charge in [-0.25, -0.2) is 0 Å². The third-order valence-corrected chi connectivity index (χ3v) is 3.50. The number of likely N-dealkylation sites (tertiary alicyclic amines) is 1. The Bertz CT molecular complexity index is 201. The molecule has 1 aliphatic rings. The molecule has 0 bridgehead atoms. The van der Waals surface area contributed by atoms with Crippen molar-refractivity contribution in [3.63, 3.8) is 0 Å². The molecule has 0 amide bonds. The van der Waals surface area contributed by atoms with Gasteiger partial charge >= 0.3 is 0 Å². The van der Waals surface area contributed by atoms with Crippen LogP contribution < -0.4 is 5.32 Å². The molecule has 1 fully saturated rings. The van der Waals surface area contributed by atoms with Crippen LogP contribution in [0.25, 0.3) is 0 Å². The standard InChI is InChI=1S/C13H28N2O/c1-5-14-12-6-8-15(10-11(12)2)9-7-13(3,4)16/h11-12,14,16H,5-10H2,1-4H3. The largest absolute Gasteiger partial charge is 0.390 e. The normalized spacial score (nSPS) is 28.3. The molecule has 1 rings (SSSR count). The number of rotatable bonds is 5. The van der Waals surface area contributed by atoms with Gasteiger partial charge in [-0.1, -0.05) is 13.8 Å². The highest BCUT2D eigenvalue weighted by atomic mass is 16.3. The van der Waals surface area contributed by atoms with Crippen LogP contribution in [0.4, 0.5) is 0 Å². The van der Waals surface area contributed by atoms with Crippen molar-refractivity contribution in [1.82, 2.24) is 10.2 Å². The molecular formula is C13H28N2O. The lowest BCUT2D eigenvalue weighted by molar-refractivity contribution is 0.0480. The van der Waals surface area contributed by atoms with Crippen LogP contribution in [-0.4, -0.2) is 47.8 Å². The predicted molar refractivity (Wildman–Crippen MR) is 68.6 cm³/mol. The molecule has 0 spiro atoms. The van der Waals surface area contributed by atoms with E-state index in [1.807, 2.05) is 13.8 Å². The maximum Gasteiger partial charge on any atom is 0.0603 e. The van der Waals surface area contributed by atoms with Gasteiger partial charge in [-0.3, -0.25) is 0 Å². The topological polar surface area (TPSA) is 35.5 Å². The number of hydrogen-bond donors (Lipinski definition) is 2. The summed E-state index contributed by atoms with van der Waals surface area (Å²) in [5.41, 5.74) is -0.526. The van der Waals surface area contributed by atoms with Gasteiger partial charge in [0.2, 0.25) is 0 Å². The van der Waals surface area contributed by atoms with Crippen LogP contribution >= 0.6 is 0 Å². The zero-order chi connectivity index (χ0) is 12.2. The Balaban J connectivity index is 2.28. The Hall–Kier alpha value is -0.120. The van der Waals surface area contributed by atoms with Crippen molar-refractivity contribution in [2.45, 2.75) is 52.2 Å². The summed E-state index contributed by atoms with van der Waals surface area (Å²) in [4.78, 5) is 2.48. The lowest BCUT2D eigenvalue weighted by Gasteiger charge is -2.38. The Labute approximate surface area is 100 Å². The molecule has 3 nitrogen and oxygen atoms in total. The first-order valence-corrected chi connectivity index (χ1v) is 6.60. The first kappa shape index (κ1) is 13.9. The average molecular weight is 228 g/mol. The van der Waals surface area contributed by atoms with E-state index in [4.69, 9.17) is 0 Å². The second kappa shape index (κ2) is 5.99. The molecule has 0 saturated carbocycles. The molecular weight excluding hydrogens is 200 g/mol. The Morgan fingerprint density at radius 2 is 2.12 bits per heavy atom. The Morgan fingerprint density at radius 1 is 1.44 bits per heavy atom. The third-order valence-electron chi connectivity index (χ3n) is 3.50. The second-order valence-electron chi connectivity index (χ2n) is 5.79. The maximum absolute atomic E-state index is 9.71. The van der Waals surface area contributed by atoms with Crippen LogP contribution in [0.3, 0.4) is 0 Å². The minimum Gasteiger partial charge on any atom is -0.390 e. The number of nitrogens with one attached hydrogen (secondary N) is 1. The number of hydrogen-bond acceptors (Lipinski definition) is 3. The van der Waals surface area contributed by atoms with Crippen LogP contribution in [0.15, 0.2) is 0 Å². The van der Waals surface area contributed by atoms with E-state index < -0.39 is 5.60 Å². The highest BCUT2D eigenvalue weighted by Gasteiger charge is 2.26. The van der Waals surface area contributed by atoms with E-state index in [2.05, 4.69) is 24.1 Å². The van der Waals surface area contributed by atoms with Crippen molar-refractivity contribution in [1.29, 1.82) is 0 Å². The van der Waals surface area contributed by atoms with Crippen molar-refractivity contribution in [3.8, 4) is 0 Å². The first-order valence-electron chi connectivity index (χ1n) is 6.60. The van der Waals surface area contributed by atoms with Crippen LogP contribution in [0.1, 0.15) is 40.5 Å². The fourth-order valence-electron chi connectivity index (χ4n) is 2.43. The molecule has 1 heterocycles. The van der Waals surface area contributed by atoms with Gasteiger partial charge in [-0.15, -0.1) is 0 Å². The number of aliphatic hydroxyl groups is 1. The SMILES string of the molecule is CCNC1CCN(CCC(C)(C)O)CC1C. The Kier molecular flexibility index (Phi) is 5.22. The minimum absolute atomic E-state index is 0.526. The molecule has 2 unspecified atom stereocenters. The minimum atomic E-state index is -0.526. The molecule has 1 aliphatic heterocycles. The third kappa shape index (κ3) is 4.81. The predicted octanol–water partition coefficient (Wildman–Crippen LogP) is 1.47. The molecule has 0 aliphatic carbocycles. The van der Waals surface area contributed by atoms with Gasteiger partial charge < -0.3 is 15.3 Å². The van der Waals surface area contributed by atoms with Crippen LogP contribution in [0.5, 0.6) is 0 Å². The van der Waals surface area contributed by atoms with E-state index >= 15 is 0 Å². The summed E-state index contributed by atoms with van der Waals surface area (Å²) < 4.78 is 0. The molecule has 0 aromatic heterocycles. The van der Waals surface area contributed by atoms with Gasteiger partial charge in [0, 0.05) is 19.1 Å². The maximum atomic E-state index is 9.71. The fourth-order valence-corrected chi connectivity index (χ4v) is 2.43. The average Bonchev–Trinajstić information content (AvgIpc) is 2.18. The summed E-state index contributed by atoms with van der Waals surface area (Å²) in [6, 6.07) is 0.684. The van der Waals surface area contributed by atoms with E-state index in [0.717, 1.165) is 38.5 Å². The van der Waals surface area contributed by atoms with Crippen LogP contribution in [0.2, 0.25) is 0 Å². The second-order valence-corrected chi connectivity index (χ2v) is 5.79. The van der Waals surface area contributed by atoms with E-state index in [1.54, 1.807) is 0 Å². The van der Waals surface area contributed by atoms with Gasteiger partial charge in [0.1, 0.15) is 0 Å². The zero-order valence-electron chi connectivity index (χ0n) is 11.3. The molecule has 1 saturated heterocycles. The van der Waals surface area contributed by atoms with E-state index in [9.17, 15) is 5.11 Å². The summed E-state index contributed by atoms with van der Waals surface area (Å²) in [6.45, 7) is 12.7. The highest BCUT2D eigenvalue weighted by molar-refractivity contribution is 4.83. The van der Waals surface area contributed by atoms with E-state index in [-0.39, 0.29) is 0 Å². The van der Waals surface area contributed by atoms with Crippen molar-refractivity contribution in [2.75, 3.05) is 26.2 Å². The van der Waals surface area contributed by atoms with Crippen LogP contribution in [0, 0.1) is 5.92 Å². The molecule has 96 valence electrons. The summed E-state index contributed by atoms with van der Waals surface area (Å²) in [5.74, 6) is 0.718. The summed E-state index contributed by atoms with van der Waals surface area (Å²) >= 11 is 0. The van der Waals surface area contributed by atoms with Crippen molar-refractivity contribution >= 4 is 0 Å². The zero-order valence-corrected chi connectivity index (χ0v) is 11.3. The summed E-state index contributed by atoms with van der Waals surface area (Å²) in [7, 11) is 0. The van der Waals surface area contributed by atoms with Crippen molar-refractivity contribution in [2.24, 2.45) is 5.92 Å². The molecule has 3 heteroatoms. The van der Waals surface area contributed by atoms with Gasteiger partial charge in [0.25, 0.3) is 0 Å². The van der Waals surface area contributed by atoms with Gasteiger partial charge in [-0.2, -0.15) is 0 Å². The lowest BCUT2D eigenvalue weighted by atomic mass is 9.93. The quantitative estimate of drug-likeness (QED) is 0.748. The highest BCUT2D eigenvalue weighted by Crippen LogP contribution is 2.18. The molecule has 0 radical (unpaired) electrons. The first-order chi connectivity index (χ1) is 7.42. The van der Waals surface area contributed by atoms with E-state index in [1.165, 1.54) is 6.42 Å². The number of piperidine rings is 1. The van der Waals surface area contributed by atoms with Gasteiger partial charge in [0.05, 0.1) is 5.60 Å². The van der Waals surface area contributed by atoms with Crippen molar-refractivity contribution in [3.05, 3.63) is 0 Å². The van der Waals surface area contributed by atoms with Gasteiger partial charge in [-0.05, 0) is 45.7 Å². The summed E-state index contributed by atoms with van der Waals surface area (Å²) in [5, 5.41) is 13.3. The fraction of sp³-hybridized carbons (Fsp3) is 1.00. The van der Waals surface area contributed by atoms with Crippen molar-refractivity contribution < 1.29 is 5.11 Å². The van der Waals surface area contributed by atoms with E-state index in [0.29, 0.717) is 6.04 Å². The van der Waals surface area contributed by atoms with Gasteiger partial charge in [0.15, 0.2) is 0 Å². The molecule has 2 atom stereocenters. The summed E-state index contributed by atoms with van der Waals surface area (Å²) in [6.07, 6.45) is 2.10. The molecule has 16 heavy (non-hydrogen) atoms. The molecule has 0 aromatic carbocycles. The lowest BCUT2D eigenvalue weighted by Crippen LogP contribution is -2.49. The number of nitrogens with zero attached hydrogens (tertiary/aromatic N) is 1. The monoisotopic (exact) mass is 228 g/mol. The smallest absolute Gasteiger partial charge is 0.0603 e. The molecule has 0 aromatic rings. The van der Waals surface area contributed by atoms with Crippen LogP contribution in [-0.2, 0) is 0 Å². The molecule has 2 N–H and O–H groups in total. The Morgan fingerprint density at radius 3 is 2.62 bits per heavy atom.